The lowest BCUT2D eigenvalue weighted by molar-refractivity contribution is 0.190. The molecule has 0 bridgehead atoms. The molecule has 1 saturated heterocycles. The van der Waals surface area contributed by atoms with Crippen molar-refractivity contribution in [3.05, 3.63) is 24.3 Å². The molecule has 1 aliphatic rings. The molecule has 0 aromatic heterocycles. The summed E-state index contributed by atoms with van der Waals surface area (Å²) in [7, 11) is -3.11. The van der Waals surface area contributed by atoms with Gasteiger partial charge in [0.05, 0.1) is 23.7 Å². The first-order chi connectivity index (χ1) is 9.45. The standard InChI is InChI=1S/C14H22N2O3S/c1-3-16(4-2)12-7-5-11(6-8-12)15-13-9-20(18,19)10-14(13)17/h5-8,13-15,17H,3-4,9-10H2,1-2H3. The van der Waals surface area contributed by atoms with E-state index < -0.39 is 22.0 Å². The topological polar surface area (TPSA) is 69.6 Å². The minimum Gasteiger partial charge on any atom is -0.390 e. The van der Waals surface area contributed by atoms with Gasteiger partial charge in [-0.1, -0.05) is 0 Å². The molecule has 2 N–H and O–H groups in total. The zero-order chi connectivity index (χ0) is 14.8. The molecule has 2 atom stereocenters. The lowest BCUT2D eigenvalue weighted by Gasteiger charge is -2.22. The van der Waals surface area contributed by atoms with Crippen molar-refractivity contribution in [2.45, 2.75) is 26.0 Å². The van der Waals surface area contributed by atoms with Gasteiger partial charge in [0, 0.05) is 24.5 Å². The zero-order valence-electron chi connectivity index (χ0n) is 11.9. The second-order valence-corrected chi connectivity index (χ2v) is 7.27. The molecule has 1 aromatic rings. The van der Waals surface area contributed by atoms with Gasteiger partial charge in [-0.25, -0.2) is 8.42 Å². The second-order valence-electron chi connectivity index (χ2n) is 5.11. The molecule has 6 heteroatoms. The van der Waals surface area contributed by atoms with Crippen LogP contribution in [-0.4, -0.2) is 50.3 Å². The highest BCUT2D eigenvalue weighted by Gasteiger charge is 2.36. The molecule has 0 spiro atoms. The summed E-state index contributed by atoms with van der Waals surface area (Å²) >= 11 is 0. The molecule has 0 radical (unpaired) electrons. The smallest absolute Gasteiger partial charge is 0.155 e. The Morgan fingerprint density at radius 3 is 2.25 bits per heavy atom. The first kappa shape index (κ1) is 15.1. The van der Waals surface area contributed by atoms with Crippen LogP contribution in [0.2, 0.25) is 0 Å². The van der Waals surface area contributed by atoms with Gasteiger partial charge in [-0.15, -0.1) is 0 Å². The quantitative estimate of drug-likeness (QED) is 0.852. The summed E-state index contributed by atoms with van der Waals surface area (Å²) in [6, 6.07) is 7.44. The summed E-state index contributed by atoms with van der Waals surface area (Å²) in [6.45, 7) is 6.11. The lowest BCUT2D eigenvalue weighted by Crippen LogP contribution is -2.31. The van der Waals surface area contributed by atoms with E-state index in [-0.39, 0.29) is 11.5 Å². The van der Waals surface area contributed by atoms with Crippen LogP contribution in [-0.2, 0) is 9.84 Å². The molecule has 2 unspecified atom stereocenters. The van der Waals surface area contributed by atoms with Crippen molar-refractivity contribution in [3.8, 4) is 0 Å². The van der Waals surface area contributed by atoms with Crippen molar-refractivity contribution < 1.29 is 13.5 Å². The van der Waals surface area contributed by atoms with Crippen LogP contribution in [0.3, 0.4) is 0 Å². The van der Waals surface area contributed by atoms with Crippen LogP contribution in [0.15, 0.2) is 24.3 Å². The number of aliphatic hydroxyl groups excluding tert-OH is 1. The van der Waals surface area contributed by atoms with Gasteiger partial charge in [0.25, 0.3) is 0 Å². The number of nitrogens with zero attached hydrogens (tertiary/aromatic N) is 1. The highest BCUT2D eigenvalue weighted by Crippen LogP contribution is 2.21. The Morgan fingerprint density at radius 1 is 1.20 bits per heavy atom. The van der Waals surface area contributed by atoms with E-state index in [1.807, 2.05) is 24.3 Å². The van der Waals surface area contributed by atoms with Crippen LogP contribution in [0.25, 0.3) is 0 Å². The van der Waals surface area contributed by atoms with Crippen molar-refractivity contribution in [3.63, 3.8) is 0 Å². The minimum absolute atomic E-state index is 0.00797. The van der Waals surface area contributed by atoms with Crippen molar-refractivity contribution in [1.82, 2.24) is 0 Å². The average Bonchev–Trinajstić information content (AvgIpc) is 2.66. The van der Waals surface area contributed by atoms with Gasteiger partial charge < -0.3 is 15.3 Å². The Kier molecular flexibility index (Phi) is 4.55. The number of anilines is 2. The Morgan fingerprint density at radius 2 is 1.80 bits per heavy atom. The summed E-state index contributed by atoms with van der Waals surface area (Å²) in [4.78, 5) is 2.23. The Bertz CT molecular complexity index is 538. The van der Waals surface area contributed by atoms with E-state index in [4.69, 9.17) is 0 Å². The van der Waals surface area contributed by atoms with E-state index in [2.05, 4.69) is 24.1 Å². The fourth-order valence-electron chi connectivity index (χ4n) is 2.54. The van der Waals surface area contributed by atoms with E-state index in [0.717, 1.165) is 24.5 Å². The van der Waals surface area contributed by atoms with E-state index in [0.29, 0.717) is 0 Å². The molecule has 20 heavy (non-hydrogen) atoms. The highest BCUT2D eigenvalue weighted by atomic mass is 32.2. The van der Waals surface area contributed by atoms with E-state index in [9.17, 15) is 13.5 Å². The molecule has 2 rings (SSSR count). The van der Waals surface area contributed by atoms with Gasteiger partial charge in [0.1, 0.15) is 0 Å². The van der Waals surface area contributed by atoms with Gasteiger partial charge in [-0.3, -0.25) is 0 Å². The fourth-order valence-corrected chi connectivity index (χ4v) is 4.28. The Balaban J connectivity index is 2.04. The molecule has 0 amide bonds. The molecular formula is C14H22N2O3S. The van der Waals surface area contributed by atoms with E-state index >= 15 is 0 Å². The first-order valence-electron chi connectivity index (χ1n) is 6.95. The number of aliphatic hydroxyl groups is 1. The normalized spacial score (nSPS) is 24.6. The zero-order valence-corrected chi connectivity index (χ0v) is 12.7. The fraction of sp³-hybridized carbons (Fsp3) is 0.571. The third kappa shape index (κ3) is 3.43. The molecular weight excluding hydrogens is 276 g/mol. The van der Waals surface area contributed by atoms with Gasteiger partial charge >= 0.3 is 0 Å². The average molecular weight is 298 g/mol. The third-order valence-electron chi connectivity index (χ3n) is 3.67. The van der Waals surface area contributed by atoms with E-state index in [1.54, 1.807) is 0 Å². The molecule has 0 saturated carbocycles. The van der Waals surface area contributed by atoms with Crippen molar-refractivity contribution in [2.24, 2.45) is 0 Å². The van der Waals surface area contributed by atoms with Gasteiger partial charge in [0.2, 0.25) is 0 Å². The molecule has 1 aromatic carbocycles. The number of hydrogen-bond donors (Lipinski definition) is 2. The van der Waals surface area contributed by atoms with Crippen LogP contribution >= 0.6 is 0 Å². The Hall–Kier alpha value is -1.27. The maximum atomic E-state index is 11.5. The van der Waals surface area contributed by atoms with Crippen LogP contribution in [0.4, 0.5) is 11.4 Å². The monoisotopic (exact) mass is 298 g/mol. The van der Waals surface area contributed by atoms with Crippen LogP contribution in [0.5, 0.6) is 0 Å². The summed E-state index contributed by atoms with van der Waals surface area (Å²) < 4.78 is 22.9. The minimum atomic E-state index is -3.11. The predicted molar refractivity (Wildman–Crippen MR) is 82.1 cm³/mol. The second kappa shape index (κ2) is 6.01. The highest BCUT2D eigenvalue weighted by molar-refractivity contribution is 7.91. The maximum Gasteiger partial charge on any atom is 0.155 e. The molecule has 5 nitrogen and oxygen atoms in total. The van der Waals surface area contributed by atoms with Crippen molar-refractivity contribution >= 4 is 21.2 Å². The third-order valence-corrected chi connectivity index (χ3v) is 5.39. The summed E-state index contributed by atoms with van der Waals surface area (Å²) in [5.41, 5.74) is 1.97. The van der Waals surface area contributed by atoms with Gasteiger partial charge in [-0.05, 0) is 38.1 Å². The first-order valence-corrected chi connectivity index (χ1v) is 8.77. The number of sulfone groups is 1. The largest absolute Gasteiger partial charge is 0.390 e. The molecule has 1 aliphatic heterocycles. The van der Waals surface area contributed by atoms with Crippen LogP contribution in [0, 0.1) is 0 Å². The number of hydrogen-bond acceptors (Lipinski definition) is 5. The Labute approximate surface area is 120 Å². The molecule has 1 fully saturated rings. The molecule has 112 valence electrons. The van der Waals surface area contributed by atoms with E-state index in [1.165, 1.54) is 0 Å². The van der Waals surface area contributed by atoms with Gasteiger partial charge in [0.15, 0.2) is 9.84 Å². The van der Waals surface area contributed by atoms with Gasteiger partial charge in [-0.2, -0.15) is 0 Å². The number of rotatable bonds is 5. The summed E-state index contributed by atoms with van der Waals surface area (Å²) in [6.07, 6.45) is -0.831. The summed E-state index contributed by atoms with van der Waals surface area (Å²) in [5, 5.41) is 12.9. The van der Waals surface area contributed by atoms with Crippen LogP contribution < -0.4 is 10.2 Å². The van der Waals surface area contributed by atoms with Crippen molar-refractivity contribution in [2.75, 3.05) is 34.8 Å². The predicted octanol–water partition coefficient (Wildman–Crippen LogP) is 1.10. The molecule has 0 aliphatic carbocycles. The van der Waals surface area contributed by atoms with Crippen molar-refractivity contribution in [1.29, 1.82) is 0 Å². The number of nitrogens with one attached hydrogen (secondary N) is 1. The SMILES string of the molecule is CCN(CC)c1ccc(NC2CS(=O)(=O)CC2O)cc1. The maximum absolute atomic E-state index is 11.5. The number of benzene rings is 1. The summed E-state index contributed by atoms with van der Waals surface area (Å²) in [5.74, 6) is -0.159. The van der Waals surface area contributed by atoms with Crippen LogP contribution in [0.1, 0.15) is 13.8 Å². The molecule has 1 heterocycles. The lowest BCUT2D eigenvalue weighted by atomic mass is 10.2.